The molecule has 0 spiro atoms. The molecule has 2 amide bonds. The number of hydrogen-bond acceptors (Lipinski definition) is 6. The van der Waals surface area contributed by atoms with E-state index in [2.05, 4.69) is 21.9 Å². The van der Waals surface area contributed by atoms with Crippen molar-refractivity contribution < 1.29 is 14.3 Å². The van der Waals surface area contributed by atoms with Crippen LogP contribution in [0.2, 0.25) is 5.02 Å². The molecule has 9 heteroatoms. The number of halogens is 1. The Morgan fingerprint density at radius 2 is 2.10 bits per heavy atom. The Balaban J connectivity index is 1.61. The summed E-state index contributed by atoms with van der Waals surface area (Å²) >= 11 is 5.94. The van der Waals surface area contributed by atoms with Gasteiger partial charge in [0.05, 0.1) is 13.3 Å². The fourth-order valence-electron chi connectivity index (χ4n) is 3.08. The van der Waals surface area contributed by atoms with Crippen molar-refractivity contribution in [2.45, 2.75) is 12.5 Å². The van der Waals surface area contributed by atoms with Crippen molar-refractivity contribution in [1.29, 1.82) is 0 Å². The normalized spacial score (nSPS) is 15.7. The van der Waals surface area contributed by atoms with Crippen LogP contribution in [0.25, 0.3) is 0 Å². The summed E-state index contributed by atoms with van der Waals surface area (Å²) in [6.07, 6.45) is 3.49. The van der Waals surface area contributed by atoms with E-state index in [0.717, 1.165) is 6.42 Å². The van der Waals surface area contributed by atoms with Gasteiger partial charge in [-0.25, -0.2) is 4.98 Å². The van der Waals surface area contributed by atoms with Crippen molar-refractivity contribution in [3.63, 3.8) is 0 Å². The average Bonchev–Trinajstić information content (AvgIpc) is 3.22. The largest absolute Gasteiger partial charge is 0.480 e. The van der Waals surface area contributed by atoms with E-state index in [1.807, 2.05) is 0 Å². The highest BCUT2D eigenvalue weighted by Crippen LogP contribution is 2.23. The summed E-state index contributed by atoms with van der Waals surface area (Å²) in [6, 6.07) is 6.96. The van der Waals surface area contributed by atoms with Gasteiger partial charge in [0, 0.05) is 37.4 Å². The molecule has 1 unspecified atom stereocenters. The maximum atomic E-state index is 12.8. The smallest absolute Gasteiger partial charge is 0.253 e. The van der Waals surface area contributed by atoms with E-state index in [4.69, 9.17) is 16.3 Å². The van der Waals surface area contributed by atoms with Gasteiger partial charge in [-0.2, -0.15) is 4.98 Å². The Morgan fingerprint density at radius 1 is 1.38 bits per heavy atom. The molecule has 1 atom stereocenters. The van der Waals surface area contributed by atoms with Gasteiger partial charge in [-0.05, 0) is 36.8 Å². The molecule has 152 valence electrons. The number of likely N-dealkylation sites (N-methyl/N-ethyl adjacent to an activating group) is 1. The maximum Gasteiger partial charge on any atom is 0.253 e. The van der Waals surface area contributed by atoms with Crippen molar-refractivity contribution in [2.24, 2.45) is 0 Å². The summed E-state index contributed by atoms with van der Waals surface area (Å²) in [4.78, 5) is 36.1. The predicted octanol–water partition coefficient (Wildman–Crippen LogP) is 2.61. The number of nitrogens with zero attached hydrogens (tertiary/aromatic N) is 4. The molecule has 1 saturated heterocycles. The van der Waals surface area contributed by atoms with E-state index in [9.17, 15) is 9.59 Å². The summed E-state index contributed by atoms with van der Waals surface area (Å²) in [7, 11) is 3.15. The Kier molecular flexibility index (Phi) is 6.33. The predicted molar refractivity (Wildman–Crippen MR) is 112 cm³/mol. The first-order chi connectivity index (χ1) is 13.9. The number of likely N-dealkylation sites (tertiary alicyclic amines) is 1. The molecular formula is C20H22ClN5O3. The number of ether oxygens (including phenoxy) is 1. The molecule has 1 aromatic heterocycles. The second-order valence-electron chi connectivity index (χ2n) is 6.58. The second kappa shape index (κ2) is 8.91. The number of amides is 2. The zero-order chi connectivity index (χ0) is 21.0. The molecule has 1 aromatic carbocycles. The van der Waals surface area contributed by atoms with E-state index in [-0.39, 0.29) is 17.9 Å². The summed E-state index contributed by atoms with van der Waals surface area (Å²) < 4.78 is 5.10. The molecular weight excluding hydrogens is 394 g/mol. The topological polar surface area (TPSA) is 87.7 Å². The van der Waals surface area contributed by atoms with Crippen LogP contribution in [0, 0.1) is 0 Å². The summed E-state index contributed by atoms with van der Waals surface area (Å²) in [5.74, 6) is 0.437. The number of methoxy groups -OCH3 is 1. The minimum Gasteiger partial charge on any atom is -0.480 e. The molecule has 0 radical (unpaired) electrons. The molecule has 1 N–H and O–H groups in total. The minimum absolute atomic E-state index is 0.0282. The van der Waals surface area contributed by atoms with Crippen molar-refractivity contribution in [3.05, 3.63) is 53.7 Å². The average molecular weight is 416 g/mol. The van der Waals surface area contributed by atoms with Crippen molar-refractivity contribution in [1.82, 2.24) is 14.9 Å². The van der Waals surface area contributed by atoms with Crippen LogP contribution in [0.4, 0.5) is 11.6 Å². The number of carbonyl (C=O) groups excluding carboxylic acids is 2. The van der Waals surface area contributed by atoms with Gasteiger partial charge >= 0.3 is 0 Å². The Labute approximate surface area is 174 Å². The molecule has 1 aliphatic rings. The minimum atomic E-state index is -0.210. The molecule has 29 heavy (non-hydrogen) atoms. The van der Waals surface area contributed by atoms with Crippen molar-refractivity contribution in [3.8, 4) is 5.88 Å². The number of aromatic nitrogens is 2. The van der Waals surface area contributed by atoms with Crippen LogP contribution in [0.1, 0.15) is 16.8 Å². The third-order valence-corrected chi connectivity index (χ3v) is 4.98. The Bertz CT molecular complexity index is 919. The van der Waals surface area contributed by atoms with E-state index < -0.39 is 0 Å². The van der Waals surface area contributed by atoms with E-state index in [1.54, 1.807) is 36.2 Å². The Morgan fingerprint density at radius 3 is 2.76 bits per heavy atom. The Hall–Kier alpha value is -3.13. The van der Waals surface area contributed by atoms with Gasteiger partial charge in [-0.3, -0.25) is 9.59 Å². The van der Waals surface area contributed by atoms with Gasteiger partial charge in [0.25, 0.3) is 5.91 Å². The zero-order valence-corrected chi connectivity index (χ0v) is 17.0. The van der Waals surface area contributed by atoms with Crippen LogP contribution in [-0.2, 0) is 4.79 Å². The van der Waals surface area contributed by atoms with Gasteiger partial charge in [0.15, 0.2) is 0 Å². The summed E-state index contributed by atoms with van der Waals surface area (Å²) in [5, 5.41) is 3.55. The maximum absolute atomic E-state index is 12.8. The van der Waals surface area contributed by atoms with Crippen LogP contribution in [0.15, 0.2) is 43.1 Å². The molecule has 0 bridgehead atoms. The van der Waals surface area contributed by atoms with Gasteiger partial charge in [0.2, 0.25) is 17.7 Å². The van der Waals surface area contributed by atoms with Crippen LogP contribution in [0.3, 0.4) is 0 Å². The molecule has 3 rings (SSSR count). The van der Waals surface area contributed by atoms with Crippen molar-refractivity contribution >= 4 is 35.1 Å². The van der Waals surface area contributed by atoms with E-state index in [0.29, 0.717) is 41.2 Å². The third-order valence-electron chi connectivity index (χ3n) is 4.72. The van der Waals surface area contributed by atoms with Gasteiger partial charge < -0.3 is 19.9 Å². The number of benzene rings is 1. The highest BCUT2D eigenvalue weighted by atomic mass is 35.5. The molecule has 2 aromatic rings. The lowest BCUT2D eigenvalue weighted by Crippen LogP contribution is -2.32. The number of hydrogen-bond donors (Lipinski definition) is 1. The lowest BCUT2D eigenvalue weighted by Gasteiger charge is -2.19. The van der Waals surface area contributed by atoms with Crippen LogP contribution >= 0.6 is 11.6 Å². The van der Waals surface area contributed by atoms with Crippen LogP contribution < -0.4 is 15.0 Å². The molecule has 2 heterocycles. The third kappa shape index (κ3) is 4.65. The van der Waals surface area contributed by atoms with Gasteiger partial charge in [-0.1, -0.05) is 18.2 Å². The molecule has 8 nitrogen and oxygen atoms in total. The van der Waals surface area contributed by atoms with E-state index >= 15 is 0 Å². The summed E-state index contributed by atoms with van der Waals surface area (Å²) in [5.41, 5.74) is 1.26. The fraction of sp³-hybridized carbons (Fsp3) is 0.300. The standard InChI is InChI=1S/C20H22ClN5O3/c1-4-17(27)25(2)15-7-5-13(6-8-15)19(28)26-10-9-14(12-26)23-20-22-11-16(21)18(24-20)29-3/h4-8,11,14H,1,9-10,12H2,2-3H3,(H,22,23,24). The van der Waals surface area contributed by atoms with E-state index in [1.165, 1.54) is 24.3 Å². The number of rotatable bonds is 6. The lowest BCUT2D eigenvalue weighted by molar-refractivity contribution is -0.113. The lowest BCUT2D eigenvalue weighted by atomic mass is 10.1. The molecule has 0 saturated carbocycles. The SMILES string of the molecule is C=CC(=O)N(C)c1ccc(C(=O)N2CCC(Nc3ncc(Cl)c(OC)n3)C2)cc1. The first kappa shape index (κ1) is 20.6. The first-order valence-corrected chi connectivity index (χ1v) is 9.43. The zero-order valence-electron chi connectivity index (χ0n) is 16.3. The highest BCUT2D eigenvalue weighted by Gasteiger charge is 2.27. The highest BCUT2D eigenvalue weighted by molar-refractivity contribution is 6.31. The number of anilines is 2. The summed E-state index contributed by atoms with van der Waals surface area (Å²) in [6.45, 7) is 4.63. The fourth-order valence-corrected chi connectivity index (χ4v) is 3.25. The molecule has 1 aliphatic heterocycles. The second-order valence-corrected chi connectivity index (χ2v) is 6.99. The molecule has 1 fully saturated rings. The van der Waals surface area contributed by atoms with Crippen molar-refractivity contribution in [2.75, 3.05) is 37.5 Å². The van der Waals surface area contributed by atoms with Gasteiger partial charge in [0.1, 0.15) is 5.02 Å². The monoisotopic (exact) mass is 415 g/mol. The molecule has 0 aliphatic carbocycles. The first-order valence-electron chi connectivity index (χ1n) is 9.05. The number of nitrogens with one attached hydrogen (secondary N) is 1. The quantitative estimate of drug-likeness (QED) is 0.730. The van der Waals surface area contributed by atoms with Crippen LogP contribution in [-0.4, -0.2) is 60.0 Å². The number of carbonyl (C=O) groups is 2. The van der Waals surface area contributed by atoms with Gasteiger partial charge in [-0.15, -0.1) is 0 Å². The van der Waals surface area contributed by atoms with Crippen LogP contribution in [0.5, 0.6) is 5.88 Å².